The summed E-state index contributed by atoms with van der Waals surface area (Å²) in [6, 6.07) is 19.4. The summed E-state index contributed by atoms with van der Waals surface area (Å²) in [6.07, 6.45) is 9.31. The van der Waals surface area contributed by atoms with E-state index in [-0.39, 0.29) is 5.60 Å². The van der Waals surface area contributed by atoms with Crippen molar-refractivity contribution in [3.63, 3.8) is 0 Å². The number of hydrogen-bond acceptors (Lipinski definition) is 3. The van der Waals surface area contributed by atoms with Gasteiger partial charge in [-0.1, -0.05) is 42.5 Å². The average Bonchev–Trinajstić information content (AvgIpc) is 3.42. The third-order valence-corrected chi connectivity index (χ3v) is 7.78. The zero-order chi connectivity index (χ0) is 20.7. The maximum Gasteiger partial charge on any atom is 0.0963 e. The molecule has 160 valence electrons. The van der Waals surface area contributed by atoms with E-state index in [1.165, 1.54) is 53.9 Å². The van der Waals surface area contributed by atoms with Gasteiger partial charge in [0.15, 0.2) is 0 Å². The Hall–Kier alpha value is -2.43. The molecule has 3 aromatic rings. The van der Waals surface area contributed by atoms with Crippen molar-refractivity contribution < 1.29 is 4.74 Å². The molecule has 31 heavy (non-hydrogen) atoms. The molecule has 6 rings (SSSR count). The van der Waals surface area contributed by atoms with Gasteiger partial charge in [-0.3, -0.25) is 0 Å². The molecule has 0 radical (unpaired) electrons. The predicted octanol–water partition coefficient (Wildman–Crippen LogP) is 5.20. The van der Waals surface area contributed by atoms with E-state index in [1.54, 1.807) is 0 Å². The van der Waals surface area contributed by atoms with Gasteiger partial charge in [-0.05, 0) is 79.8 Å². The van der Waals surface area contributed by atoms with Crippen molar-refractivity contribution in [2.24, 2.45) is 0 Å². The summed E-state index contributed by atoms with van der Waals surface area (Å²) in [6.45, 7) is 4.24. The number of benzene rings is 2. The van der Waals surface area contributed by atoms with Crippen LogP contribution in [0.4, 0.5) is 0 Å². The summed E-state index contributed by atoms with van der Waals surface area (Å²) in [5.41, 5.74) is 6.90. The van der Waals surface area contributed by atoms with Gasteiger partial charge in [0, 0.05) is 18.8 Å². The van der Waals surface area contributed by atoms with Gasteiger partial charge in [-0.25, -0.2) is 4.68 Å². The Labute approximate surface area is 184 Å². The predicted molar refractivity (Wildman–Crippen MR) is 122 cm³/mol. The van der Waals surface area contributed by atoms with E-state index in [4.69, 9.17) is 9.84 Å². The zero-order valence-electron chi connectivity index (χ0n) is 18.2. The smallest absolute Gasteiger partial charge is 0.0963 e. The second-order valence-corrected chi connectivity index (χ2v) is 9.45. The number of para-hydroxylation sites is 1. The van der Waals surface area contributed by atoms with Crippen LogP contribution in [0.1, 0.15) is 60.4 Å². The Balaban J connectivity index is 1.10. The molecule has 1 spiro atoms. The van der Waals surface area contributed by atoms with E-state index in [0.717, 1.165) is 39.0 Å². The third-order valence-electron chi connectivity index (χ3n) is 7.78. The minimum absolute atomic E-state index is 0.0259. The van der Waals surface area contributed by atoms with Crippen molar-refractivity contribution in [3.05, 3.63) is 83.2 Å². The highest BCUT2D eigenvalue weighted by molar-refractivity contribution is 5.38. The minimum atomic E-state index is -0.0259. The molecule has 1 unspecified atom stereocenters. The first-order valence-corrected chi connectivity index (χ1v) is 11.9. The SMILES string of the molecule is c1ccc(-n2ncc3c2CCCC3CCN2CCC3(CC2)OCc2ccccc23)cc1. The molecule has 3 aliphatic rings. The fourth-order valence-corrected chi connectivity index (χ4v) is 6.01. The molecule has 2 aliphatic heterocycles. The summed E-state index contributed by atoms with van der Waals surface area (Å²) in [5, 5.41) is 4.77. The van der Waals surface area contributed by atoms with Crippen LogP contribution >= 0.6 is 0 Å². The van der Waals surface area contributed by atoms with Gasteiger partial charge in [0.05, 0.1) is 24.1 Å². The van der Waals surface area contributed by atoms with Crippen LogP contribution < -0.4 is 0 Å². The van der Waals surface area contributed by atoms with Gasteiger partial charge in [0.1, 0.15) is 0 Å². The van der Waals surface area contributed by atoms with E-state index >= 15 is 0 Å². The third kappa shape index (κ3) is 3.42. The highest BCUT2D eigenvalue weighted by atomic mass is 16.5. The molecule has 0 N–H and O–H groups in total. The number of piperidine rings is 1. The van der Waals surface area contributed by atoms with E-state index in [2.05, 4.69) is 70.4 Å². The Kier molecular flexibility index (Phi) is 4.92. The van der Waals surface area contributed by atoms with Gasteiger partial charge >= 0.3 is 0 Å². The van der Waals surface area contributed by atoms with E-state index in [0.29, 0.717) is 5.92 Å². The monoisotopic (exact) mass is 413 g/mol. The summed E-state index contributed by atoms with van der Waals surface area (Å²) >= 11 is 0. The molecule has 1 saturated heterocycles. The number of fused-ring (bicyclic) bond motifs is 3. The molecule has 0 amide bonds. The summed E-state index contributed by atoms with van der Waals surface area (Å²) in [7, 11) is 0. The Morgan fingerprint density at radius 3 is 2.68 bits per heavy atom. The van der Waals surface area contributed by atoms with Crippen molar-refractivity contribution in [1.82, 2.24) is 14.7 Å². The van der Waals surface area contributed by atoms with Crippen LogP contribution in [-0.4, -0.2) is 34.3 Å². The lowest BCUT2D eigenvalue weighted by Crippen LogP contribution is -2.43. The largest absolute Gasteiger partial charge is 0.365 e. The van der Waals surface area contributed by atoms with Gasteiger partial charge < -0.3 is 9.64 Å². The summed E-state index contributed by atoms with van der Waals surface area (Å²) in [4.78, 5) is 2.66. The average molecular weight is 414 g/mol. The first-order valence-electron chi connectivity index (χ1n) is 11.9. The maximum absolute atomic E-state index is 6.35. The zero-order valence-corrected chi connectivity index (χ0v) is 18.2. The molecular weight excluding hydrogens is 382 g/mol. The van der Waals surface area contributed by atoms with E-state index < -0.39 is 0 Å². The first-order chi connectivity index (χ1) is 15.3. The second-order valence-electron chi connectivity index (χ2n) is 9.45. The maximum atomic E-state index is 6.35. The van der Waals surface area contributed by atoms with Crippen LogP contribution in [0.5, 0.6) is 0 Å². The van der Waals surface area contributed by atoms with Crippen LogP contribution in [0.2, 0.25) is 0 Å². The molecule has 1 fully saturated rings. The highest BCUT2D eigenvalue weighted by Gasteiger charge is 2.42. The minimum Gasteiger partial charge on any atom is -0.365 e. The molecule has 1 aliphatic carbocycles. The standard InChI is InChI=1S/C27H31N3O/c1-2-9-23(10-3-1)30-26-12-6-8-21(24(26)19-28-30)13-16-29-17-14-27(15-18-29)25-11-5-4-7-22(25)20-31-27/h1-5,7,9-11,19,21H,6,8,12-18,20H2. The topological polar surface area (TPSA) is 30.3 Å². The highest BCUT2D eigenvalue weighted by Crippen LogP contribution is 2.44. The molecule has 4 nitrogen and oxygen atoms in total. The fraction of sp³-hybridized carbons (Fsp3) is 0.444. The molecule has 3 heterocycles. The van der Waals surface area contributed by atoms with Crippen LogP contribution in [0.25, 0.3) is 5.69 Å². The van der Waals surface area contributed by atoms with Crippen molar-refractivity contribution in [3.8, 4) is 5.69 Å². The van der Waals surface area contributed by atoms with Gasteiger partial charge in [0.25, 0.3) is 0 Å². The first kappa shape index (κ1) is 19.3. The summed E-state index contributed by atoms with van der Waals surface area (Å²) in [5.74, 6) is 0.639. The van der Waals surface area contributed by atoms with E-state index in [1.807, 2.05) is 0 Å². The number of aromatic nitrogens is 2. The Morgan fingerprint density at radius 1 is 1.00 bits per heavy atom. The Morgan fingerprint density at radius 2 is 1.81 bits per heavy atom. The number of nitrogens with zero attached hydrogens (tertiary/aromatic N) is 3. The lowest BCUT2D eigenvalue weighted by molar-refractivity contribution is -0.0789. The van der Waals surface area contributed by atoms with Crippen LogP contribution in [-0.2, 0) is 23.4 Å². The van der Waals surface area contributed by atoms with Gasteiger partial charge in [-0.15, -0.1) is 0 Å². The fourth-order valence-electron chi connectivity index (χ4n) is 6.01. The number of likely N-dealkylation sites (tertiary alicyclic amines) is 1. The molecule has 0 saturated carbocycles. The molecule has 1 aromatic heterocycles. The van der Waals surface area contributed by atoms with Crippen molar-refractivity contribution in [1.29, 1.82) is 0 Å². The molecule has 2 aromatic carbocycles. The molecule has 0 bridgehead atoms. The van der Waals surface area contributed by atoms with Crippen LogP contribution in [0.15, 0.2) is 60.8 Å². The van der Waals surface area contributed by atoms with Crippen LogP contribution in [0.3, 0.4) is 0 Å². The van der Waals surface area contributed by atoms with E-state index in [9.17, 15) is 0 Å². The van der Waals surface area contributed by atoms with Gasteiger partial charge in [0.2, 0.25) is 0 Å². The van der Waals surface area contributed by atoms with Crippen molar-refractivity contribution in [2.75, 3.05) is 19.6 Å². The van der Waals surface area contributed by atoms with Crippen molar-refractivity contribution >= 4 is 0 Å². The number of hydrogen-bond donors (Lipinski definition) is 0. The lowest BCUT2D eigenvalue weighted by Gasteiger charge is -2.39. The molecule has 1 atom stereocenters. The molecular formula is C27H31N3O. The number of rotatable bonds is 4. The number of ether oxygens (including phenoxy) is 1. The van der Waals surface area contributed by atoms with Crippen LogP contribution in [0, 0.1) is 0 Å². The quantitative estimate of drug-likeness (QED) is 0.589. The van der Waals surface area contributed by atoms with Gasteiger partial charge in [-0.2, -0.15) is 5.10 Å². The van der Waals surface area contributed by atoms with Crippen molar-refractivity contribution in [2.45, 2.75) is 56.7 Å². The molecule has 4 heteroatoms. The second kappa shape index (κ2) is 7.92. The normalized spacial score (nSPS) is 22.4. The lowest BCUT2D eigenvalue weighted by atomic mass is 9.82. The Bertz CT molecular complexity index is 1050. The summed E-state index contributed by atoms with van der Waals surface area (Å²) < 4.78 is 8.52.